The lowest BCUT2D eigenvalue weighted by atomic mass is 10.1. The number of aromatic nitrogens is 2. The van der Waals surface area contributed by atoms with Gasteiger partial charge >= 0.3 is 5.97 Å². The Bertz CT molecular complexity index is 1120. The predicted octanol–water partition coefficient (Wildman–Crippen LogP) is 4.55. The topological polar surface area (TPSA) is 89.1 Å². The summed E-state index contributed by atoms with van der Waals surface area (Å²) < 4.78 is 5.38. The highest BCUT2D eigenvalue weighted by Crippen LogP contribution is 2.27. The van der Waals surface area contributed by atoms with Gasteiger partial charge in [0.1, 0.15) is 4.83 Å². The summed E-state index contributed by atoms with van der Waals surface area (Å²) in [6.45, 7) is 9.34. The minimum atomic E-state index is -0.701. The minimum absolute atomic E-state index is 0.0127. The SMILES string of the molecule is Cc1cc(C(=O)CCC(=O)O[C@@H](C)c2nc3sc(C)c(C)c3c(=O)[nH]2)c(C)s1. The Labute approximate surface area is 170 Å². The van der Waals surface area contributed by atoms with E-state index in [2.05, 4.69) is 9.97 Å². The van der Waals surface area contributed by atoms with Gasteiger partial charge in [-0.05, 0) is 46.2 Å². The van der Waals surface area contributed by atoms with E-state index in [0.29, 0.717) is 21.6 Å². The molecule has 0 fully saturated rings. The highest BCUT2D eigenvalue weighted by atomic mass is 32.1. The normalized spacial score (nSPS) is 12.3. The van der Waals surface area contributed by atoms with Gasteiger partial charge in [0.15, 0.2) is 17.7 Å². The van der Waals surface area contributed by atoms with E-state index >= 15 is 0 Å². The molecule has 1 atom stereocenters. The molecule has 0 aliphatic heterocycles. The molecule has 1 N–H and O–H groups in total. The number of esters is 1. The van der Waals surface area contributed by atoms with E-state index in [1.165, 1.54) is 11.3 Å². The number of hydrogen-bond acceptors (Lipinski definition) is 7. The summed E-state index contributed by atoms with van der Waals surface area (Å²) in [4.78, 5) is 47.7. The molecule has 0 aliphatic rings. The van der Waals surface area contributed by atoms with Crippen molar-refractivity contribution in [2.75, 3.05) is 0 Å². The number of H-pyrrole nitrogens is 1. The smallest absolute Gasteiger partial charge is 0.306 e. The van der Waals surface area contributed by atoms with Crippen molar-refractivity contribution < 1.29 is 14.3 Å². The van der Waals surface area contributed by atoms with Crippen LogP contribution in [0.2, 0.25) is 0 Å². The molecule has 0 saturated heterocycles. The van der Waals surface area contributed by atoms with Crippen LogP contribution in [-0.4, -0.2) is 21.7 Å². The highest BCUT2D eigenvalue weighted by molar-refractivity contribution is 7.18. The number of ether oxygens (including phenoxy) is 1. The van der Waals surface area contributed by atoms with E-state index in [1.807, 2.05) is 33.8 Å². The fourth-order valence-corrected chi connectivity index (χ4v) is 5.01. The van der Waals surface area contributed by atoms with Crippen molar-refractivity contribution in [2.24, 2.45) is 0 Å². The van der Waals surface area contributed by atoms with Crippen LogP contribution < -0.4 is 5.56 Å². The molecule has 8 heteroatoms. The van der Waals surface area contributed by atoms with Crippen molar-refractivity contribution in [3.63, 3.8) is 0 Å². The Balaban J connectivity index is 1.66. The number of aromatic amines is 1. The molecular formula is C20H22N2O4S2. The van der Waals surface area contributed by atoms with E-state index in [9.17, 15) is 14.4 Å². The van der Waals surface area contributed by atoms with Crippen molar-refractivity contribution >= 4 is 44.6 Å². The monoisotopic (exact) mass is 418 g/mol. The molecule has 3 heterocycles. The molecule has 0 radical (unpaired) electrons. The van der Waals surface area contributed by atoms with Crippen LogP contribution >= 0.6 is 22.7 Å². The number of ketones is 1. The molecule has 0 aromatic carbocycles. The number of rotatable bonds is 6. The van der Waals surface area contributed by atoms with Gasteiger partial charge < -0.3 is 9.72 Å². The minimum Gasteiger partial charge on any atom is -0.454 e. The van der Waals surface area contributed by atoms with Gasteiger partial charge in [0, 0.05) is 26.6 Å². The molecule has 28 heavy (non-hydrogen) atoms. The third-order valence-corrected chi connectivity index (χ3v) is 6.72. The number of thiophene rings is 2. The Hall–Kier alpha value is -2.32. The molecule has 148 valence electrons. The Morgan fingerprint density at radius 1 is 1.14 bits per heavy atom. The molecular weight excluding hydrogens is 396 g/mol. The number of nitrogens with one attached hydrogen (secondary N) is 1. The molecule has 0 spiro atoms. The van der Waals surface area contributed by atoms with Crippen LogP contribution in [-0.2, 0) is 9.53 Å². The summed E-state index contributed by atoms with van der Waals surface area (Å²) in [5.74, 6) is -0.251. The standard InChI is InChI=1S/C20H22N2O4S2/c1-9-8-14(13(5)27-9)15(23)6-7-16(24)26-11(3)18-21-19(25)17-10(2)12(4)28-20(17)22-18/h8,11H,6-7H2,1-5H3,(H,21,22,25)/t11-/m0/s1. The number of carbonyl (C=O) groups is 2. The summed E-state index contributed by atoms with van der Waals surface area (Å²) in [6, 6.07) is 1.85. The van der Waals surface area contributed by atoms with Crippen LogP contribution in [0, 0.1) is 27.7 Å². The summed E-state index contributed by atoms with van der Waals surface area (Å²) >= 11 is 3.01. The zero-order valence-electron chi connectivity index (χ0n) is 16.5. The van der Waals surface area contributed by atoms with E-state index in [4.69, 9.17) is 4.74 Å². The lowest BCUT2D eigenvalue weighted by Crippen LogP contribution is -2.17. The fourth-order valence-electron chi connectivity index (χ4n) is 3.03. The van der Waals surface area contributed by atoms with Gasteiger partial charge in [0.2, 0.25) is 0 Å². The Morgan fingerprint density at radius 3 is 2.50 bits per heavy atom. The maximum Gasteiger partial charge on any atom is 0.306 e. The van der Waals surface area contributed by atoms with E-state index in [0.717, 1.165) is 20.2 Å². The summed E-state index contributed by atoms with van der Waals surface area (Å²) in [7, 11) is 0. The van der Waals surface area contributed by atoms with Crippen LogP contribution in [0.1, 0.15) is 62.2 Å². The number of Topliss-reactive ketones (excluding diaryl/α,β-unsaturated/α-hetero) is 1. The van der Waals surface area contributed by atoms with Gasteiger partial charge in [-0.25, -0.2) is 4.98 Å². The number of hydrogen-bond donors (Lipinski definition) is 1. The van der Waals surface area contributed by atoms with Crippen LogP contribution in [0.3, 0.4) is 0 Å². The van der Waals surface area contributed by atoms with Crippen molar-refractivity contribution in [3.05, 3.63) is 48.0 Å². The summed E-state index contributed by atoms with van der Waals surface area (Å²) in [6.07, 6.45) is -0.622. The van der Waals surface area contributed by atoms with Crippen LogP contribution in [0.25, 0.3) is 10.2 Å². The first-order valence-corrected chi connectivity index (χ1v) is 10.6. The zero-order chi connectivity index (χ0) is 20.6. The second-order valence-electron chi connectivity index (χ2n) is 6.80. The summed E-state index contributed by atoms with van der Waals surface area (Å²) in [5, 5.41) is 0.580. The average Bonchev–Trinajstić information content (AvgIpc) is 3.11. The van der Waals surface area contributed by atoms with Gasteiger partial charge in [-0.3, -0.25) is 14.4 Å². The number of fused-ring (bicyclic) bond motifs is 1. The van der Waals surface area contributed by atoms with Gasteiger partial charge in [-0.1, -0.05) is 0 Å². The molecule has 0 unspecified atom stereocenters. The number of nitrogens with zero attached hydrogens (tertiary/aromatic N) is 1. The van der Waals surface area contributed by atoms with Gasteiger partial charge in [-0.15, -0.1) is 22.7 Å². The number of aryl methyl sites for hydroxylation is 4. The molecule has 0 aliphatic carbocycles. The largest absolute Gasteiger partial charge is 0.454 e. The third-order valence-electron chi connectivity index (χ3n) is 4.65. The quantitative estimate of drug-likeness (QED) is 0.469. The van der Waals surface area contributed by atoms with Crippen molar-refractivity contribution in [3.8, 4) is 0 Å². The maximum absolute atomic E-state index is 12.4. The first-order chi connectivity index (χ1) is 13.2. The Morgan fingerprint density at radius 2 is 1.86 bits per heavy atom. The second kappa shape index (κ2) is 7.97. The van der Waals surface area contributed by atoms with Crippen molar-refractivity contribution in [1.82, 2.24) is 9.97 Å². The fraction of sp³-hybridized carbons (Fsp3) is 0.400. The Kier molecular flexibility index (Phi) is 5.81. The molecule has 0 amide bonds. The van der Waals surface area contributed by atoms with Gasteiger partial charge in [0.05, 0.1) is 11.8 Å². The lowest BCUT2D eigenvalue weighted by molar-refractivity contribution is -0.148. The molecule has 3 aromatic rings. The maximum atomic E-state index is 12.4. The summed E-state index contributed by atoms with van der Waals surface area (Å²) in [5.41, 5.74) is 1.36. The van der Waals surface area contributed by atoms with Crippen LogP contribution in [0.15, 0.2) is 10.9 Å². The van der Waals surface area contributed by atoms with E-state index in [-0.39, 0.29) is 24.2 Å². The lowest BCUT2D eigenvalue weighted by Gasteiger charge is -2.12. The first-order valence-electron chi connectivity index (χ1n) is 8.97. The predicted molar refractivity (Wildman–Crippen MR) is 112 cm³/mol. The van der Waals surface area contributed by atoms with Crippen molar-refractivity contribution in [2.45, 2.75) is 53.6 Å². The second-order valence-corrected chi connectivity index (χ2v) is 9.46. The number of carbonyl (C=O) groups excluding carboxylic acids is 2. The molecule has 3 rings (SSSR count). The van der Waals surface area contributed by atoms with Gasteiger partial charge in [0.25, 0.3) is 5.56 Å². The van der Waals surface area contributed by atoms with E-state index < -0.39 is 12.1 Å². The molecule has 3 aromatic heterocycles. The van der Waals surface area contributed by atoms with Gasteiger partial charge in [-0.2, -0.15) is 0 Å². The molecule has 0 bridgehead atoms. The van der Waals surface area contributed by atoms with Crippen LogP contribution in [0.5, 0.6) is 0 Å². The third kappa shape index (κ3) is 4.07. The van der Waals surface area contributed by atoms with E-state index in [1.54, 1.807) is 18.3 Å². The highest BCUT2D eigenvalue weighted by Gasteiger charge is 2.19. The van der Waals surface area contributed by atoms with Crippen LogP contribution in [0.4, 0.5) is 0 Å². The molecule has 0 saturated carbocycles. The van der Waals surface area contributed by atoms with Crippen molar-refractivity contribution in [1.29, 1.82) is 0 Å². The molecule has 6 nitrogen and oxygen atoms in total. The average molecular weight is 419 g/mol. The zero-order valence-corrected chi connectivity index (χ0v) is 18.1. The first kappa shape index (κ1) is 20.4.